The van der Waals surface area contributed by atoms with Crippen LogP contribution < -0.4 is 10.1 Å². The number of hydrogen-bond donors (Lipinski definition) is 1. The number of ether oxygens (including phenoxy) is 1. The van der Waals surface area contributed by atoms with Crippen LogP contribution in [0.4, 0.5) is 5.82 Å². The molecule has 5 aromatic rings. The molecule has 9 heteroatoms. The van der Waals surface area contributed by atoms with Crippen molar-refractivity contribution >= 4 is 34.0 Å². The first-order valence-electron chi connectivity index (χ1n) is 9.37. The number of aromatic nitrogens is 6. The molecule has 150 valence electrons. The number of fused-ring (bicyclic) bond motifs is 3. The maximum atomic E-state index is 6.42. The van der Waals surface area contributed by atoms with E-state index in [-0.39, 0.29) is 0 Å². The third-order valence-corrected chi connectivity index (χ3v) is 5.31. The molecule has 0 radical (unpaired) electrons. The molecule has 1 N–H and O–H groups in total. The number of methoxy groups -OCH3 is 1. The van der Waals surface area contributed by atoms with Crippen LogP contribution in [-0.4, -0.2) is 36.7 Å². The summed E-state index contributed by atoms with van der Waals surface area (Å²) in [5.74, 6) is 1.48. The van der Waals surface area contributed by atoms with Gasteiger partial charge in [0, 0.05) is 11.5 Å². The van der Waals surface area contributed by atoms with Crippen LogP contribution >= 0.6 is 11.6 Å². The van der Waals surface area contributed by atoms with Gasteiger partial charge in [-0.25, -0.2) is 14.2 Å². The van der Waals surface area contributed by atoms with Crippen LogP contribution in [0.25, 0.3) is 22.2 Å². The highest BCUT2D eigenvalue weighted by Gasteiger charge is 2.15. The van der Waals surface area contributed by atoms with Gasteiger partial charge in [0.2, 0.25) is 0 Å². The van der Waals surface area contributed by atoms with Gasteiger partial charge in [0.15, 0.2) is 5.65 Å². The SMILES string of the molecule is COc1cccc(-n2cc(CNc3nc4c(Cl)c(C)nn4c4ccccc34)nn2)c1. The summed E-state index contributed by atoms with van der Waals surface area (Å²) >= 11 is 6.42. The lowest BCUT2D eigenvalue weighted by molar-refractivity contribution is 0.414. The third kappa shape index (κ3) is 3.11. The summed E-state index contributed by atoms with van der Waals surface area (Å²) in [6.45, 7) is 2.33. The molecule has 0 aliphatic carbocycles. The van der Waals surface area contributed by atoms with Crippen molar-refractivity contribution in [1.29, 1.82) is 0 Å². The molecule has 0 atom stereocenters. The van der Waals surface area contributed by atoms with Gasteiger partial charge in [-0.1, -0.05) is 35.0 Å². The van der Waals surface area contributed by atoms with Crippen molar-refractivity contribution in [2.45, 2.75) is 13.5 Å². The quantitative estimate of drug-likeness (QED) is 0.463. The molecule has 0 bridgehead atoms. The molecule has 0 amide bonds. The molecule has 30 heavy (non-hydrogen) atoms. The van der Waals surface area contributed by atoms with Crippen LogP contribution in [0.1, 0.15) is 11.4 Å². The van der Waals surface area contributed by atoms with Gasteiger partial charge in [0.1, 0.15) is 22.3 Å². The first kappa shape index (κ1) is 18.4. The minimum atomic E-state index is 0.460. The second-order valence-corrected chi connectivity index (χ2v) is 7.20. The minimum Gasteiger partial charge on any atom is -0.497 e. The molecule has 5 rings (SSSR count). The number of benzene rings is 2. The second-order valence-electron chi connectivity index (χ2n) is 6.82. The molecule has 0 saturated heterocycles. The number of halogens is 1. The normalized spacial score (nSPS) is 11.3. The molecule has 0 spiro atoms. The molecular weight excluding hydrogens is 402 g/mol. The number of rotatable bonds is 5. The van der Waals surface area contributed by atoms with Gasteiger partial charge in [-0.05, 0) is 31.2 Å². The Morgan fingerprint density at radius 1 is 1.13 bits per heavy atom. The van der Waals surface area contributed by atoms with Crippen LogP contribution in [0.3, 0.4) is 0 Å². The monoisotopic (exact) mass is 419 g/mol. The van der Waals surface area contributed by atoms with Gasteiger partial charge in [-0.2, -0.15) is 5.10 Å². The van der Waals surface area contributed by atoms with Crippen LogP contribution in [0.2, 0.25) is 5.02 Å². The second kappa shape index (κ2) is 7.31. The fourth-order valence-electron chi connectivity index (χ4n) is 3.35. The third-order valence-electron chi connectivity index (χ3n) is 4.87. The van der Waals surface area contributed by atoms with Gasteiger partial charge in [0.05, 0.1) is 36.7 Å². The Hall–Kier alpha value is -3.65. The lowest BCUT2D eigenvalue weighted by Crippen LogP contribution is -2.05. The fraction of sp³-hybridized carbons (Fsp3) is 0.143. The van der Waals surface area contributed by atoms with Crippen LogP contribution in [0, 0.1) is 6.92 Å². The number of hydrogen-bond acceptors (Lipinski definition) is 6. The summed E-state index contributed by atoms with van der Waals surface area (Å²) in [7, 11) is 1.64. The number of anilines is 1. The molecule has 3 heterocycles. The highest BCUT2D eigenvalue weighted by atomic mass is 35.5. The molecule has 3 aromatic heterocycles. The number of nitrogens with zero attached hydrogens (tertiary/aromatic N) is 6. The van der Waals surface area contributed by atoms with E-state index in [1.54, 1.807) is 16.3 Å². The van der Waals surface area contributed by atoms with Crippen molar-refractivity contribution in [3.05, 3.63) is 71.1 Å². The summed E-state index contributed by atoms with van der Waals surface area (Å²) in [6.07, 6.45) is 1.87. The van der Waals surface area contributed by atoms with Crippen molar-refractivity contribution in [3.8, 4) is 11.4 Å². The van der Waals surface area contributed by atoms with Crippen LogP contribution in [0.15, 0.2) is 54.7 Å². The fourth-order valence-corrected chi connectivity index (χ4v) is 3.51. The minimum absolute atomic E-state index is 0.460. The highest BCUT2D eigenvalue weighted by molar-refractivity contribution is 6.34. The summed E-state index contributed by atoms with van der Waals surface area (Å²) < 4.78 is 8.76. The zero-order valence-corrected chi connectivity index (χ0v) is 17.1. The van der Waals surface area contributed by atoms with E-state index in [0.29, 0.717) is 17.2 Å². The average molecular weight is 420 g/mol. The summed E-state index contributed by atoms with van der Waals surface area (Å²) in [6, 6.07) is 15.6. The van der Waals surface area contributed by atoms with E-state index in [9.17, 15) is 0 Å². The van der Waals surface area contributed by atoms with Crippen molar-refractivity contribution in [2.24, 2.45) is 0 Å². The van der Waals surface area contributed by atoms with Crippen molar-refractivity contribution in [3.63, 3.8) is 0 Å². The van der Waals surface area contributed by atoms with Crippen LogP contribution in [0.5, 0.6) is 5.75 Å². The maximum absolute atomic E-state index is 6.42. The van der Waals surface area contributed by atoms with Gasteiger partial charge >= 0.3 is 0 Å². The van der Waals surface area contributed by atoms with Crippen LogP contribution in [-0.2, 0) is 6.54 Å². The molecule has 0 aliphatic heterocycles. The molecular formula is C21H18ClN7O. The molecule has 2 aromatic carbocycles. The molecule has 0 aliphatic rings. The van der Waals surface area contributed by atoms with E-state index in [2.05, 4.69) is 20.7 Å². The number of para-hydroxylation sites is 1. The van der Waals surface area contributed by atoms with E-state index in [1.165, 1.54) is 0 Å². The van der Waals surface area contributed by atoms with Crippen molar-refractivity contribution in [2.75, 3.05) is 12.4 Å². The smallest absolute Gasteiger partial charge is 0.176 e. The number of aryl methyl sites for hydroxylation is 1. The topological polar surface area (TPSA) is 82.2 Å². The summed E-state index contributed by atoms with van der Waals surface area (Å²) in [5.41, 5.74) is 3.95. The predicted molar refractivity (Wildman–Crippen MR) is 115 cm³/mol. The van der Waals surface area contributed by atoms with Gasteiger partial charge in [0.25, 0.3) is 0 Å². The molecule has 0 unspecified atom stereocenters. The number of nitrogens with one attached hydrogen (secondary N) is 1. The maximum Gasteiger partial charge on any atom is 0.176 e. The Labute approximate surface area is 177 Å². The zero-order valence-electron chi connectivity index (χ0n) is 16.4. The van der Waals surface area contributed by atoms with Crippen molar-refractivity contribution in [1.82, 2.24) is 29.6 Å². The Bertz CT molecular complexity index is 1370. The lowest BCUT2D eigenvalue weighted by Gasteiger charge is -2.09. The molecule has 8 nitrogen and oxygen atoms in total. The van der Waals surface area contributed by atoms with Crippen molar-refractivity contribution < 1.29 is 4.74 Å². The van der Waals surface area contributed by atoms with E-state index in [0.717, 1.165) is 39.5 Å². The van der Waals surface area contributed by atoms with E-state index in [1.807, 2.05) is 61.7 Å². The standard InChI is InChI=1S/C21H18ClN7O/c1-13-19(22)21-24-20(17-8-3-4-9-18(17)29(21)26-13)23-11-14-12-28(27-25-14)15-6-5-7-16(10-15)30-2/h3-10,12H,11H2,1-2H3,(H,23,24). The van der Waals surface area contributed by atoms with E-state index < -0.39 is 0 Å². The summed E-state index contributed by atoms with van der Waals surface area (Å²) in [5, 5.41) is 17.9. The Balaban J connectivity index is 1.46. The molecule has 0 fully saturated rings. The Morgan fingerprint density at radius 2 is 2.00 bits per heavy atom. The largest absolute Gasteiger partial charge is 0.497 e. The van der Waals surface area contributed by atoms with Gasteiger partial charge in [-0.3, -0.25) is 0 Å². The summed E-state index contributed by atoms with van der Waals surface area (Å²) in [4.78, 5) is 4.71. The highest BCUT2D eigenvalue weighted by Crippen LogP contribution is 2.28. The average Bonchev–Trinajstić information content (AvgIpc) is 3.37. The lowest BCUT2D eigenvalue weighted by atomic mass is 10.2. The zero-order chi connectivity index (χ0) is 20.7. The molecule has 0 saturated carbocycles. The predicted octanol–water partition coefficient (Wildman–Crippen LogP) is 4.05. The van der Waals surface area contributed by atoms with E-state index in [4.69, 9.17) is 21.3 Å². The van der Waals surface area contributed by atoms with E-state index >= 15 is 0 Å². The van der Waals surface area contributed by atoms with Gasteiger partial charge < -0.3 is 10.1 Å². The Morgan fingerprint density at radius 3 is 2.87 bits per heavy atom. The Kier molecular flexibility index (Phi) is 4.48. The van der Waals surface area contributed by atoms with Gasteiger partial charge in [-0.15, -0.1) is 5.10 Å². The first-order chi connectivity index (χ1) is 14.6. The first-order valence-corrected chi connectivity index (χ1v) is 9.75.